The molecule has 2 aliphatic heterocycles. The van der Waals surface area contributed by atoms with Gasteiger partial charge in [-0.1, -0.05) is 30.3 Å². The van der Waals surface area contributed by atoms with Crippen molar-refractivity contribution in [1.82, 2.24) is 4.90 Å². The Balaban J connectivity index is 1.81. The molecular weight excluding hydrogens is 182 g/mol. The summed E-state index contributed by atoms with van der Waals surface area (Å²) in [5.74, 6) is 0.999. The van der Waals surface area contributed by atoms with E-state index in [1.165, 1.54) is 44.3 Å². The van der Waals surface area contributed by atoms with Crippen molar-refractivity contribution in [3.8, 4) is 0 Å². The molecule has 0 aromatic heterocycles. The van der Waals surface area contributed by atoms with Gasteiger partial charge in [-0.15, -0.1) is 0 Å². The second-order valence-electron chi connectivity index (χ2n) is 5.01. The Morgan fingerprint density at radius 2 is 1.87 bits per heavy atom. The second kappa shape index (κ2) is 3.97. The minimum absolute atomic E-state index is 0.711. The molecule has 0 radical (unpaired) electrons. The maximum atomic E-state index is 2.70. The third-order valence-corrected chi connectivity index (χ3v) is 4.02. The van der Waals surface area contributed by atoms with Gasteiger partial charge >= 0.3 is 0 Å². The molecule has 2 fully saturated rings. The van der Waals surface area contributed by atoms with E-state index in [2.05, 4.69) is 35.2 Å². The Kier molecular flexibility index (Phi) is 2.49. The zero-order chi connectivity index (χ0) is 10.1. The Hall–Kier alpha value is -0.820. The fourth-order valence-corrected chi connectivity index (χ4v) is 3.24. The van der Waals surface area contributed by atoms with Crippen molar-refractivity contribution in [2.45, 2.75) is 31.7 Å². The highest BCUT2D eigenvalue weighted by Gasteiger charge is 2.31. The van der Waals surface area contributed by atoms with Gasteiger partial charge in [0.15, 0.2) is 0 Å². The zero-order valence-electron chi connectivity index (χ0n) is 9.23. The molecule has 2 heterocycles. The molecular formula is C14H19N. The van der Waals surface area contributed by atoms with E-state index >= 15 is 0 Å². The number of piperidine rings is 2. The summed E-state index contributed by atoms with van der Waals surface area (Å²) in [7, 11) is 0. The lowest BCUT2D eigenvalue weighted by Gasteiger charge is -2.43. The number of nitrogens with zero attached hydrogens (tertiary/aromatic N) is 1. The molecule has 2 aliphatic rings. The van der Waals surface area contributed by atoms with Gasteiger partial charge in [-0.05, 0) is 43.7 Å². The van der Waals surface area contributed by atoms with Crippen LogP contribution >= 0.6 is 0 Å². The van der Waals surface area contributed by atoms with Crippen LogP contribution in [0.15, 0.2) is 30.3 Å². The molecule has 2 saturated heterocycles. The molecule has 1 aromatic carbocycles. The van der Waals surface area contributed by atoms with Gasteiger partial charge in [0.25, 0.3) is 0 Å². The lowest BCUT2D eigenvalue weighted by atomic mass is 9.83. The van der Waals surface area contributed by atoms with E-state index in [-0.39, 0.29) is 0 Å². The highest BCUT2D eigenvalue weighted by molar-refractivity contribution is 5.19. The van der Waals surface area contributed by atoms with Gasteiger partial charge in [0, 0.05) is 12.6 Å². The molecule has 3 atom stereocenters. The number of benzene rings is 1. The maximum absolute atomic E-state index is 2.70. The first-order chi connectivity index (χ1) is 7.43. The Bertz CT molecular complexity index is 319. The summed E-state index contributed by atoms with van der Waals surface area (Å²) >= 11 is 0. The lowest BCUT2D eigenvalue weighted by Crippen LogP contribution is -2.42. The van der Waals surface area contributed by atoms with E-state index < -0.39 is 0 Å². The summed E-state index contributed by atoms with van der Waals surface area (Å²) in [5, 5.41) is 0. The third-order valence-electron chi connectivity index (χ3n) is 4.02. The molecule has 0 saturated carbocycles. The first-order valence-electron chi connectivity index (χ1n) is 6.22. The average molecular weight is 201 g/mol. The Labute approximate surface area is 92.1 Å². The van der Waals surface area contributed by atoms with E-state index in [0.29, 0.717) is 6.04 Å². The van der Waals surface area contributed by atoms with Crippen LogP contribution in [0.1, 0.15) is 37.3 Å². The molecule has 0 spiro atoms. The first kappa shape index (κ1) is 9.41. The van der Waals surface area contributed by atoms with Crippen LogP contribution in [0.2, 0.25) is 0 Å². The van der Waals surface area contributed by atoms with Crippen molar-refractivity contribution in [2.75, 3.05) is 13.1 Å². The van der Waals surface area contributed by atoms with Gasteiger partial charge in [-0.25, -0.2) is 0 Å². The third kappa shape index (κ3) is 1.81. The smallest absolute Gasteiger partial charge is 0.0348 e. The van der Waals surface area contributed by atoms with Gasteiger partial charge in [-0.3, -0.25) is 4.90 Å². The summed E-state index contributed by atoms with van der Waals surface area (Å²) in [4.78, 5) is 2.70. The normalized spacial score (nSPS) is 35.1. The highest BCUT2D eigenvalue weighted by Crippen LogP contribution is 2.37. The Morgan fingerprint density at radius 1 is 1.00 bits per heavy atom. The molecule has 1 unspecified atom stereocenters. The van der Waals surface area contributed by atoms with Crippen LogP contribution in [0.25, 0.3) is 0 Å². The summed E-state index contributed by atoms with van der Waals surface area (Å²) in [6, 6.07) is 11.8. The molecule has 1 nitrogen and oxygen atoms in total. The van der Waals surface area contributed by atoms with Crippen LogP contribution in [0.4, 0.5) is 0 Å². The van der Waals surface area contributed by atoms with Crippen LogP contribution in [0, 0.1) is 5.92 Å². The van der Waals surface area contributed by atoms with Crippen molar-refractivity contribution in [1.29, 1.82) is 0 Å². The molecule has 0 amide bonds. The number of fused-ring (bicyclic) bond motifs is 2. The van der Waals surface area contributed by atoms with Crippen molar-refractivity contribution in [3.05, 3.63) is 35.9 Å². The van der Waals surface area contributed by atoms with Crippen molar-refractivity contribution < 1.29 is 0 Å². The maximum Gasteiger partial charge on any atom is 0.0348 e. The zero-order valence-corrected chi connectivity index (χ0v) is 9.23. The van der Waals surface area contributed by atoms with Gasteiger partial charge in [0.1, 0.15) is 0 Å². The van der Waals surface area contributed by atoms with E-state index in [1.807, 2.05) is 0 Å². The average Bonchev–Trinajstić information content (AvgIpc) is 2.31. The van der Waals surface area contributed by atoms with Crippen molar-refractivity contribution in [3.63, 3.8) is 0 Å². The quantitative estimate of drug-likeness (QED) is 0.674. The standard InChI is InChI=1S/C14H19N/c1-2-6-13(7-3-1)14-9-8-12-5-4-10-15(14)11-12/h1-3,6-7,12,14H,4-5,8-11H2/t12-,14-/m0/s1. The molecule has 1 aromatic rings. The molecule has 0 aliphatic carbocycles. The molecule has 2 bridgehead atoms. The van der Waals surface area contributed by atoms with E-state index in [9.17, 15) is 0 Å². The Morgan fingerprint density at radius 3 is 2.73 bits per heavy atom. The number of rotatable bonds is 1. The van der Waals surface area contributed by atoms with Crippen molar-refractivity contribution >= 4 is 0 Å². The summed E-state index contributed by atoms with van der Waals surface area (Å²) in [6.45, 7) is 2.66. The van der Waals surface area contributed by atoms with Gasteiger partial charge < -0.3 is 0 Å². The predicted molar refractivity (Wildman–Crippen MR) is 62.7 cm³/mol. The minimum atomic E-state index is 0.711. The molecule has 15 heavy (non-hydrogen) atoms. The van der Waals surface area contributed by atoms with Crippen molar-refractivity contribution in [2.24, 2.45) is 5.92 Å². The molecule has 0 N–H and O–H groups in total. The lowest BCUT2D eigenvalue weighted by molar-refractivity contribution is 0.0671. The SMILES string of the molecule is c1ccc([C@@H]2CC[C@@H]3CCCN2C3)cc1. The summed E-state index contributed by atoms with van der Waals surface area (Å²) in [5.41, 5.74) is 1.53. The first-order valence-corrected chi connectivity index (χ1v) is 6.22. The van der Waals surface area contributed by atoms with Crippen LogP contribution in [-0.2, 0) is 0 Å². The van der Waals surface area contributed by atoms with Crippen LogP contribution in [-0.4, -0.2) is 18.0 Å². The number of hydrogen-bond donors (Lipinski definition) is 0. The van der Waals surface area contributed by atoms with Gasteiger partial charge in [0.05, 0.1) is 0 Å². The molecule has 80 valence electrons. The van der Waals surface area contributed by atoms with E-state index in [1.54, 1.807) is 0 Å². The number of hydrogen-bond acceptors (Lipinski definition) is 1. The minimum Gasteiger partial charge on any atom is -0.296 e. The molecule has 3 rings (SSSR count). The van der Waals surface area contributed by atoms with Gasteiger partial charge in [0.2, 0.25) is 0 Å². The fraction of sp³-hybridized carbons (Fsp3) is 0.571. The topological polar surface area (TPSA) is 3.24 Å². The largest absolute Gasteiger partial charge is 0.296 e. The predicted octanol–water partition coefficient (Wildman–Crippen LogP) is 3.23. The highest BCUT2D eigenvalue weighted by atomic mass is 15.2. The summed E-state index contributed by atoms with van der Waals surface area (Å²) < 4.78 is 0. The van der Waals surface area contributed by atoms with Crippen LogP contribution in [0.3, 0.4) is 0 Å². The molecule has 1 heteroatoms. The second-order valence-corrected chi connectivity index (χ2v) is 5.01. The monoisotopic (exact) mass is 201 g/mol. The summed E-state index contributed by atoms with van der Waals surface area (Å²) in [6.07, 6.45) is 5.69. The van der Waals surface area contributed by atoms with Gasteiger partial charge in [-0.2, -0.15) is 0 Å². The van der Waals surface area contributed by atoms with Crippen LogP contribution < -0.4 is 0 Å². The van der Waals surface area contributed by atoms with E-state index in [4.69, 9.17) is 0 Å². The van der Waals surface area contributed by atoms with E-state index in [0.717, 1.165) is 5.92 Å². The fourth-order valence-electron chi connectivity index (χ4n) is 3.24. The van der Waals surface area contributed by atoms with Crippen LogP contribution in [0.5, 0.6) is 0 Å².